The van der Waals surface area contributed by atoms with Crippen LogP contribution in [0.15, 0.2) is 84.4 Å². The molecule has 1 atom stereocenters. The van der Waals surface area contributed by atoms with Crippen molar-refractivity contribution in [1.29, 1.82) is 0 Å². The van der Waals surface area contributed by atoms with Crippen LogP contribution in [0.1, 0.15) is 22.7 Å². The average Bonchev–Trinajstić information content (AvgIpc) is 3.05. The van der Waals surface area contributed by atoms with Crippen LogP contribution in [0.3, 0.4) is 0 Å². The zero-order chi connectivity index (χ0) is 22.8. The van der Waals surface area contributed by atoms with E-state index in [1.54, 1.807) is 30.3 Å². The molecule has 32 heavy (non-hydrogen) atoms. The summed E-state index contributed by atoms with van der Waals surface area (Å²) >= 11 is 0. The minimum atomic E-state index is -0.878. The molecule has 1 aliphatic heterocycles. The molecule has 4 rings (SSSR count). The molecule has 3 aromatic rings. The number of nitro groups is 1. The zero-order valence-electron chi connectivity index (χ0n) is 16.6. The molecule has 1 heterocycles. The van der Waals surface area contributed by atoms with E-state index in [1.165, 1.54) is 53.4 Å². The summed E-state index contributed by atoms with van der Waals surface area (Å²) in [5.74, 6) is -2.51. The van der Waals surface area contributed by atoms with Gasteiger partial charge in [0.1, 0.15) is 11.6 Å². The first-order chi connectivity index (χ1) is 15.4. The third-order valence-electron chi connectivity index (χ3n) is 5.27. The van der Waals surface area contributed by atoms with Crippen LogP contribution < -0.4 is 0 Å². The Kier molecular flexibility index (Phi) is 5.51. The smallest absolute Gasteiger partial charge is 0.295 e. The molecule has 0 aliphatic carbocycles. The molecular weight excluding hydrogens is 415 g/mol. The summed E-state index contributed by atoms with van der Waals surface area (Å²) in [6, 6.07) is 18.5. The van der Waals surface area contributed by atoms with Gasteiger partial charge in [-0.25, -0.2) is 4.39 Å². The second-order valence-electron chi connectivity index (χ2n) is 7.27. The molecule has 1 amide bonds. The van der Waals surface area contributed by atoms with Crippen molar-refractivity contribution in [3.63, 3.8) is 0 Å². The zero-order valence-corrected chi connectivity index (χ0v) is 16.6. The van der Waals surface area contributed by atoms with Crippen molar-refractivity contribution in [3.8, 4) is 0 Å². The number of hydrogen-bond donors (Lipinski definition) is 1. The van der Waals surface area contributed by atoms with Crippen molar-refractivity contribution in [1.82, 2.24) is 4.90 Å². The summed E-state index contributed by atoms with van der Waals surface area (Å²) in [6.45, 7) is 0.0292. The van der Waals surface area contributed by atoms with Gasteiger partial charge in [-0.2, -0.15) is 0 Å². The Hall–Kier alpha value is -4.33. The van der Waals surface area contributed by atoms with Crippen molar-refractivity contribution in [2.45, 2.75) is 12.6 Å². The number of amides is 1. The van der Waals surface area contributed by atoms with Crippen LogP contribution in [-0.4, -0.2) is 26.6 Å². The second kappa shape index (κ2) is 8.43. The van der Waals surface area contributed by atoms with Crippen molar-refractivity contribution < 1.29 is 24.0 Å². The maximum atomic E-state index is 13.3. The van der Waals surface area contributed by atoms with Crippen LogP contribution in [0.25, 0.3) is 5.76 Å². The fraction of sp³-hybridized carbons (Fsp3) is 0.0833. The fourth-order valence-corrected chi connectivity index (χ4v) is 3.71. The first-order valence-corrected chi connectivity index (χ1v) is 9.69. The van der Waals surface area contributed by atoms with Crippen LogP contribution in [0, 0.1) is 15.9 Å². The number of aliphatic hydroxyl groups is 1. The van der Waals surface area contributed by atoms with Crippen LogP contribution in [-0.2, 0) is 16.1 Å². The van der Waals surface area contributed by atoms with E-state index >= 15 is 0 Å². The monoisotopic (exact) mass is 432 g/mol. The van der Waals surface area contributed by atoms with Gasteiger partial charge in [-0.1, -0.05) is 42.5 Å². The molecule has 1 N–H and O–H groups in total. The Morgan fingerprint density at radius 3 is 2.19 bits per heavy atom. The van der Waals surface area contributed by atoms with Crippen molar-refractivity contribution in [3.05, 3.63) is 117 Å². The highest BCUT2D eigenvalue weighted by Gasteiger charge is 2.46. The minimum Gasteiger partial charge on any atom is -0.507 e. The number of likely N-dealkylation sites (tertiary alicyclic amines) is 1. The fourth-order valence-electron chi connectivity index (χ4n) is 3.71. The molecule has 0 radical (unpaired) electrons. The highest BCUT2D eigenvalue weighted by atomic mass is 19.1. The number of hydrogen-bond acceptors (Lipinski definition) is 5. The van der Waals surface area contributed by atoms with Gasteiger partial charge in [0.05, 0.1) is 16.5 Å². The average molecular weight is 432 g/mol. The van der Waals surface area contributed by atoms with Gasteiger partial charge in [-0.3, -0.25) is 19.7 Å². The van der Waals surface area contributed by atoms with E-state index in [-0.39, 0.29) is 23.4 Å². The second-order valence-corrected chi connectivity index (χ2v) is 7.27. The standard InChI is InChI=1S/C24H17FN2O5/c25-18-10-6-15(7-11-18)14-26-21(16-4-2-1-3-5-16)20(23(29)24(26)30)22(28)17-8-12-19(13-9-17)27(31)32/h1-13,21,28H,14H2/b22-20-. The number of halogens is 1. The highest BCUT2D eigenvalue weighted by Crippen LogP contribution is 2.40. The third-order valence-corrected chi connectivity index (χ3v) is 5.27. The van der Waals surface area contributed by atoms with Gasteiger partial charge < -0.3 is 10.0 Å². The molecule has 160 valence electrons. The number of ketones is 1. The lowest BCUT2D eigenvalue weighted by Crippen LogP contribution is -2.29. The number of nitrogens with zero attached hydrogens (tertiary/aromatic N) is 2. The number of benzene rings is 3. The molecule has 1 saturated heterocycles. The maximum absolute atomic E-state index is 13.3. The quantitative estimate of drug-likeness (QED) is 0.212. The summed E-state index contributed by atoms with van der Waals surface area (Å²) in [6.07, 6.45) is 0. The molecule has 1 fully saturated rings. The third kappa shape index (κ3) is 3.85. The normalized spacial score (nSPS) is 17.5. The molecule has 7 nitrogen and oxygen atoms in total. The van der Waals surface area contributed by atoms with Gasteiger partial charge in [-0.15, -0.1) is 0 Å². The highest BCUT2D eigenvalue weighted by molar-refractivity contribution is 6.46. The van der Waals surface area contributed by atoms with E-state index in [2.05, 4.69) is 0 Å². The van der Waals surface area contributed by atoms with Crippen LogP contribution in [0.4, 0.5) is 10.1 Å². The molecule has 0 saturated carbocycles. The number of rotatable bonds is 5. The van der Waals surface area contributed by atoms with E-state index in [0.717, 1.165) is 0 Å². The van der Waals surface area contributed by atoms with Crippen LogP contribution >= 0.6 is 0 Å². The minimum absolute atomic E-state index is 0.0292. The number of non-ortho nitro benzene ring substituents is 1. The Balaban J connectivity index is 1.81. The van der Waals surface area contributed by atoms with Gasteiger partial charge in [0.2, 0.25) is 0 Å². The predicted molar refractivity (Wildman–Crippen MR) is 114 cm³/mol. The Morgan fingerprint density at radius 2 is 1.59 bits per heavy atom. The Labute approximate surface area is 182 Å². The van der Waals surface area contributed by atoms with Crippen LogP contribution in [0.5, 0.6) is 0 Å². The maximum Gasteiger partial charge on any atom is 0.295 e. The Bertz CT molecular complexity index is 1220. The summed E-state index contributed by atoms with van der Waals surface area (Å²) in [5.41, 5.74) is 1.12. The molecular formula is C24H17FN2O5. The van der Waals surface area contributed by atoms with Crippen LogP contribution in [0.2, 0.25) is 0 Å². The van der Waals surface area contributed by atoms with Gasteiger partial charge in [0.25, 0.3) is 17.4 Å². The van der Waals surface area contributed by atoms with Gasteiger partial charge in [-0.05, 0) is 35.4 Å². The number of aliphatic hydroxyl groups excluding tert-OH is 1. The van der Waals surface area contributed by atoms with E-state index in [1.807, 2.05) is 0 Å². The summed E-state index contributed by atoms with van der Waals surface area (Å²) in [4.78, 5) is 37.5. The summed E-state index contributed by atoms with van der Waals surface area (Å²) in [5, 5.41) is 21.9. The van der Waals surface area contributed by atoms with Crippen molar-refractivity contribution in [2.75, 3.05) is 0 Å². The van der Waals surface area contributed by atoms with E-state index in [0.29, 0.717) is 11.1 Å². The van der Waals surface area contributed by atoms with Gasteiger partial charge in [0.15, 0.2) is 0 Å². The predicted octanol–water partition coefficient (Wildman–Crippen LogP) is 4.36. The number of nitro benzene ring substituents is 1. The van der Waals surface area contributed by atoms with Crippen molar-refractivity contribution in [2.24, 2.45) is 0 Å². The molecule has 0 spiro atoms. The number of carbonyl (C=O) groups excluding carboxylic acids is 2. The van der Waals surface area contributed by atoms with Gasteiger partial charge >= 0.3 is 0 Å². The number of carbonyl (C=O) groups is 2. The first-order valence-electron chi connectivity index (χ1n) is 9.69. The lowest BCUT2D eigenvalue weighted by molar-refractivity contribution is -0.384. The van der Waals surface area contributed by atoms with Crippen molar-refractivity contribution >= 4 is 23.1 Å². The van der Waals surface area contributed by atoms with E-state index < -0.39 is 34.2 Å². The molecule has 8 heteroatoms. The van der Waals surface area contributed by atoms with E-state index in [9.17, 15) is 29.2 Å². The van der Waals surface area contributed by atoms with E-state index in [4.69, 9.17) is 0 Å². The summed E-state index contributed by atoms with van der Waals surface area (Å²) < 4.78 is 13.3. The molecule has 1 unspecified atom stereocenters. The lowest BCUT2D eigenvalue weighted by Gasteiger charge is -2.25. The Morgan fingerprint density at radius 1 is 0.969 bits per heavy atom. The lowest BCUT2D eigenvalue weighted by atomic mass is 9.95. The molecule has 0 aromatic heterocycles. The largest absolute Gasteiger partial charge is 0.507 e. The van der Waals surface area contributed by atoms with Gasteiger partial charge in [0, 0.05) is 24.2 Å². The SMILES string of the molecule is O=C1C(=O)N(Cc2ccc(F)cc2)C(c2ccccc2)/C1=C(/O)c1ccc([N+](=O)[O-])cc1. The number of Topliss-reactive ketones (excluding diaryl/α,β-unsaturated/α-hetero) is 1. The molecule has 1 aliphatic rings. The molecule has 3 aromatic carbocycles. The topological polar surface area (TPSA) is 101 Å². The summed E-state index contributed by atoms with van der Waals surface area (Å²) in [7, 11) is 0. The molecule has 0 bridgehead atoms. The first kappa shape index (κ1) is 20.9.